The van der Waals surface area contributed by atoms with Gasteiger partial charge in [-0.05, 0) is 31.0 Å². The Bertz CT molecular complexity index is 1050. The number of hydrogen-bond acceptors (Lipinski definition) is 7. The van der Waals surface area contributed by atoms with E-state index in [0.29, 0.717) is 30.5 Å². The summed E-state index contributed by atoms with van der Waals surface area (Å²) >= 11 is 0. The monoisotopic (exact) mass is 444 g/mol. The average molecular weight is 444 g/mol. The summed E-state index contributed by atoms with van der Waals surface area (Å²) in [4.78, 5) is 25.9. The summed E-state index contributed by atoms with van der Waals surface area (Å²) in [5, 5.41) is 0. The molecule has 1 aromatic heterocycles. The molecule has 6 rings (SSSR count). The molecule has 1 aliphatic carbocycles. The quantitative estimate of drug-likeness (QED) is 0.718. The van der Waals surface area contributed by atoms with Crippen LogP contribution in [0.5, 0.6) is 17.4 Å². The Hall–Kier alpha value is -3.01. The minimum absolute atomic E-state index is 0.0103. The van der Waals surface area contributed by atoms with Crippen LogP contribution in [0, 0.1) is 0 Å². The van der Waals surface area contributed by atoms with Crippen LogP contribution in [0.15, 0.2) is 30.6 Å². The van der Waals surface area contributed by atoms with Crippen LogP contribution < -0.4 is 14.2 Å². The largest absolute Gasteiger partial charge is 0.586 e. The molecule has 0 radical (unpaired) electrons. The molecular weight excluding hydrogens is 422 g/mol. The van der Waals surface area contributed by atoms with Gasteiger partial charge in [-0.25, -0.2) is 4.98 Å². The van der Waals surface area contributed by atoms with Crippen molar-refractivity contribution in [3.63, 3.8) is 0 Å². The van der Waals surface area contributed by atoms with Crippen molar-refractivity contribution in [1.82, 2.24) is 19.8 Å². The molecule has 0 spiro atoms. The molecule has 32 heavy (non-hydrogen) atoms. The number of hydrogen-bond donors (Lipinski definition) is 0. The van der Waals surface area contributed by atoms with Crippen molar-refractivity contribution < 1.29 is 27.8 Å². The zero-order valence-electron chi connectivity index (χ0n) is 17.2. The van der Waals surface area contributed by atoms with Crippen molar-refractivity contribution in [1.29, 1.82) is 0 Å². The Labute approximate surface area is 183 Å². The second-order valence-corrected chi connectivity index (χ2v) is 8.76. The lowest BCUT2D eigenvalue weighted by Gasteiger charge is -2.37. The van der Waals surface area contributed by atoms with E-state index in [2.05, 4.69) is 24.3 Å². The molecule has 2 aromatic rings. The molecule has 0 unspecified atom stereocenters. The number of carbonyl (C=O) groups excluding carboxylic acids is 1. The number of amides is 1. The second kappa shape index (κ2) is 7.26. The summed E-state index contributed by atoms with van der Waals surface area (Å²) in [5.74, 6) is 0.686. The smallest absolute Gasteiger partial charge is 0.472 e. The van der Waals surface area contributed by atoms with E-state index < -0.39 is 6.29 Å². The highest BCUT2D eigenvalue weighted by atomic mass is 19.3. The number of aromatic nitrogens is 2. The summed E-state index contributed by atoms with van der Waals surface area (Å²) < 4.78 is 41.4. The SMILES string of the molecule is O=C(c1ccc2c(c1)OC(F)(F)O2)N1CCN2C[C@H](Oc3cnc(C4CC4)cn3)C[C@H]2C1. The molecule has 1 aromatic carbocycles. The predicted octanol–water partition coefficient (Wildman–Crippen LogP) is 2.65. The summed E-state index contributed by atoms with van der Waals surface area (Å²) in [7, 11) is 0. The van der Waals surface area contributed by atoms with Crippen molar-refractivity contribution in [3.05, 3.63) is 41.9 Å². The molecule has 10 heteroatoms. The first-order valence-corrected chi connectivity index (χ1v) is 10.9. The highest BCUT2D eigenvalue weighted by molar-refractivity contribution is 5.95. The van der Waals surface area contributed by atoms with Gasteiger partial charge in [-0.3, -0.25) is 14.7 Å². The first kappa shape index (κ1) is 19.7. The molecule has 2 saturated heterocycles. The third-order valence-corrected chi connectivity index (χ3v) is 6.44. The van der Waals surface area contributed by atoms with E-state index in [9.17, 15) is 13.6 Å². The third kappa shape index (κ3) is 3.72. The highest BCUT2D eigenvalue weighted by Crippen LogP contribution is 2.41. The number of benzene rings is 1. The maximum Gasteiger partial charge on any atom is 0.586 e. The topological polar surface area (TPSA) is 77.0 Å². The van der Waals surface area contributed by atoms with Gasteiger partial charge in [0, 0.05) is 50.1 Å². The number of fused-ring (bicyclic) bond motifs is 2. The van der Waals surface area contributed by atoms with Gasteiger partial charge in [0.25, 0.3) is 5.91 Å². The van der Waals surface area contributed by atoms with E-state index in [1.807, 2.05) is 0 Å². The van der Waals surface area contributed by atoms with Gasteiger partial charge in [-0.15, -0.1) is 8.78 Å². The number of nitrogens with zero attached hydrogens (tertiary/aromatic N) is 4. The maximum absolute atomic E-state index is 13.3. The van der Waals surface area contributed by atoms with Crippen LogP contribution in [0.2, 0.25) is 0 Å². The number of ether oxygens (including phenoxy) is 3. The number of carbonyl (C=O) groups is 1. The molecule has 168 valence electrons. The first-order chi connectivity index (χ1) is 15.4. The molecule has 3 fully saturated rings. The lowest BCUT2D eigenvalue weighted by Crippen LogP contribution is -2.52. The fraction of sp³-hybridized carbons (Fsp3) is 0.500. The van der Waals surface area contributed by atoms with Gasteiger partial charge >= 0.3 is 6.29 Å². The van der Waals surface area contributed by atoms with Gasteiger partial charge in [0.2, 0.25) is 5.88 Å². The summed E-state index contributed by atoms with van der Waals surface area (Å²) in [6, 6.07) is 4.32. The Morgan fingerprint density at radius 1 is 1.09 bits per heavy atom. The van der Waals surface area contributed by atoms with Crippen molar-refractivity contribution in [2.75, 3.05) is 26.2 Å². The van der Waals surface area contributed by atoms with E-state index in [4.69, 9.17) is 4.74 Å². The maximum atomic E-state index is 13.3. The average Bonchev–Trinajstić information content (AvgIpc) is 3.46. The van der Waals surface area contributed by atoms with Crippen molar-refractivity contribution in [2.45, 2.75) is 43.6 Å². The van der Waals surface area contributed by atoms with E-state index in [1.54, 1.807) is 17.3 Å². The zero-order valence-corrected chi connectivity index (χ0v) is 17.2. The van der Waals surface area contributed by atoms with Crippen LogP contribution >= 0.6 is 0 Å². The van der Waals surface area contributed by atoms with Gasteiger partial charge in [-0.2, -0.15) is 0 Å². The van der Waals surface area contributed by atoms with Crippen LogP contribution in [0.25, 0.3) is 0 Å². The molecule has 0 bridgehead atoms. The molecule has 3 aliphatic heterocycles. The summed E-state index contributed by atoms with van der Waals surface area (Å²) in [6.45, 7) is 2.61. The van der Waals surface area contributed by atoms with Gasteiger partial charge in [0.1, 0.15) is 6.10 Å². The van der Waals surface area contributed by atoms with Crippen LogP contribution in [-0.2, 0) is 0 Å². The number of alkyl halides is 2. The Balaban J connectivity index is 1.08. The third-order valence-electron chi connectivity index (χ3n) is 6.44. The molecular formula is C22H22F2N4O4. The summed E-state index contributed by atoms with van der Waals surface area (Å²) in [6.07, 6.45) is 2.94. The minimum Gasteiger partial charge on any atom is -0.472 e. The van der Waals surface area contributed by atoms with Crippen molar-refractivity contribution in [2.24, 2.45) is 0 Å². The predicted molar refractivity (Wildman–Crippen MR) is 107 cm³/mol. The van der Waals surface area contributed by atoms with E-state index in [-0.39, 0.29) is 29.6 Å². The van der Waals surface area contributed by atoms with Crippen molar-refractivity contribution >= 4 is 5.91 Å². The van der Waals surface area contributed by atoms with E-state index in [1.165, 1.54) is 31.0 Å². The van der Waals surface area contributed by atoms with E-state index in [0.717, 1.165) is 25.2 Å². The molecule has 8 nitrogen and oxygen atoms in total. The number of rotatable bonds is 4. The zero-order chi connectivity index (χ0) is 21.9. The van der Waals surface area contributed by atoms with Gasteiger partial charge < -0.3 is 19.1 Å². The molecule has 4 heterocycles. The van der Waals surface area contributed by atoms with Crippen LogP contribution in [0.3, 0.4) is 0 Å². The molecule has 4 aliphatic rings. The van der Waals surface area contributed by atoms with Crippen LogP contribution in [0.4, 0.5) is 8.78 Å². The fourth-order valence-electron chi connectivity index (χ4n) is 4.68. The lowest BCUT2D eigenvalue weighted by atomic mass is 10.1. The number of piperazine rings is 1. The van der Waals surface area contributed by atoms with E-state index >= 15 is 0 Å². The first-order valence-electron chi connectivity index (χ1n) is 10.9. The second-order valence-electron chi connectivity index (χ2n) is 8.76. The molecule has 2 atom stereocenters. The molecule has 0 N–H and O–H groups in total. The Morgan fingerprint density at radius 2 is 1.94 bits per heavy atom. The standard InChI is InChI=1S/C22H22F2N4O4/c23-22(24)31-18-4-3-14(7-19(18)32-22)21(29)28-6-5-27-12-16(8-15(27)11-28)30-20-10-25-17(9-26-20)13-1-2-13/h3-4,7,9-10,13,15-16H,1-2,5-6,8,11-12H2/t15-,16+/m0/s1. The fourth-order valence-corrected chi connectivity index (χ4v) is 4.68. The van der Waals surface area contributed by atoms with Gasteiger partial charge in [-0.1, -0.05) is 0 Å². The van der Waals surface area contributed by atoms with Gasteiger partial charge in [0.15, 0.2) is 11.5 Å². The summed E-state index contributed by atoms with van der Waals surface area (Å²) in [5.41, 5.74) is 1.33. The highest BCUT2D eigenvalue weighted by Gasteiger charge is 2.44. The van der Waals surface area contributed by atoms with Gasteiger partial charge in [0.05, 0.1) is 18.1 Å². The van der Waals surface area contributed by atoms with Crippen LogP contribution in [-0.4, -0.2) is 70.3 Å². The Morgan fingerprint density at radius 3 is 2.72 bits per heavy atom. The Kier molecular flexibility index (Phi) is 4.46. The number of halogens is 2. The molecule has 1 amide bonds. The normalized spacial score (nSPS) is 26.1. The minimum atomic E-state index is -3.70. The molecule has 1 saturated carbocycles. The van der Waals surface area contributed by atoms with Crippen molar-refractivity contribution in [3.8, 4) is 17.4 Å². The lowest BCUT2D eigenvalue weighted by molar-refractivity contribution is -0.286. The van der Waals surface area contributed by atoms with Crippen LogP contribution in [0.1, 0.15) is 41.2 Å².